The van der Waals surface area contributed by atoms with Gasteiger partial charge < -0.3 is 10.6 Å². The van der Waals surface area contributed by atoms with Gasteiger partial charge in [-0.05, 0) is 43.1 Å². The first-order valence-corrected chi connectivity index (χ1v) is 7.77. The maximum atomic E-state index is 5.34. The van der Waals surface area contributed by atoms with E-state index in [4.69, 9.17) is 12.2 Å². The molecule has 1 atom stereocenters. The van der Waals surface area contributed by atoms with Crippen LogP contribution in [-0.2, 0) is 13.0 Å². The largest absolute Gasteiger partial charge is 0.360 e. The van der Waals surface area contributed by atoms with Crippen LogP contribution in [0.4, 0.5) is 0 Å². The number of thiocarbonyl (C=S) groups is 1. The molecular formula is C18H22N2S. The molecule has 0 aliphatic carbocycles. The third-order valence-electron chi connectivity index (χ3n) is 3.38. The van der Waals surface area contributed by atoms with Gasteiger partial charge in [-0.3, -0.25) is 0 Å². The van der Waals surface area contributed by atoms with Crippen molar-refractivity contribution in [3.05, 3.63) is 71.8 Å². The maximum Gasteiger partial charge on any atom is 0.166 e. The van der Waals surface area contributed by atoms with Crippen molar-refractivity contribution < 1.29 is 0 Å². The molecule has 2 N–H and O–H groups in total. The van der Waals surface area contributed by atoms with Crippen LogP contribution in [0.3, 0.4) is 0 Å². The van der Waals surface area contributed by atoms with Gasteiger partial charge in [0.25, 0.3) is 0 Å². The average Bonchev–Trinajstić information content (AvgIpc) is 2.53. The minimum atomic E-state index is 0.362. The molecule has 0 fully saturated rings. The fraction of sp³-hybridized carbons (Fsp3) is 0.278. The van der Waals surface area contributed by atoms with Gasteiger partial charge in [0.2, 0.25) is 0 Å². The number of hydrogen-bond acceptors (Lipinski definition) is 1. The predicted molar refractivity (Wildman–Crippen MR) is 93.2 cm³/mol. The molecular weight excluding hydrogens is 276 g/mol. The second kappa shape index (κ2) is 8.42. The van der Waals surface area contributed by atoms with Gasteiger partial charge >= 0.3 is 0 Å². The van der Waals surface area contributed by atoms with Crippen LogP contribution in [0.2, 0.25) is 0 Å². The second-order valence-electron chi connectivity index (χ2n) is 5.24. The van der Waals surface area contributed by atoms with E-state index in [2.05, 4.69) is 54.0 Å². The summed E-state index contributed by atoms with van der Waals surface area (Å²) >= 11 is 5.34. The normalized spacial score (nSPS) is 11.7. The van der Waals surface area contributed by atoms with Crippen LogP contribution in [-0.4, -0.2) is 11.2 Å². The molecule has 110 valence electrons. The molecule has 0 saturated carbocycles. The lowest BCUT2D eigenvalue weighted by Gasteiger charge is -2.17. The Balaban J connectivity index is 1.67. The zero-order valence-electron chi connectivity index (χ0n) is 12.4. The number of benzene rings is 2. The van der Waals surface area contributed by atoms with Crippen molar-refractivity contribution >= 4 is 17.3 Å². The van der Waals surface area contributed by atoms with E-state index in [9.17, 15) is 0 Å². The molecule has 0 unspecified atom stereocenters. The summed E-state index contributed by atoms with van der Waals surface area (Å²) in [5.41, 5.74) is 2.60. The molecule has 0 aliphatic heterocycles. The highest BCUT2D eigenvalue weighted by Crippen LogP contribution is 2.04. The molecule has 0 aromatic heterocycles. The minimum Gasteiger partial charge on any atom is -0.360 e. The lowest BCUT2D eigenvalue weighted by Crippen LogP contribution is -2.40. The van der Waals surface area contributed by atoms with E-state index in [1.165, 1.54) is 11.1 Å². The van der Waals surface area contributed by atoms with Crippen LogP contribution < -0.4 is 10.6 Å². The van der Waals surface area contributed by atoms with E-state index < -0.39 is 0 Å². The fourth-order valence-corrected chi connectivity index (χ4v) is 2.43. The van der Waals surface area contributed by atoms with E-state index in [0.29, 0.717) is 6.04 Å². The van der Waals surface area contributed by atoms with Crippen LogP contribution >= 0.6 is 12.2 Å². The van der Waals surface area contributed by atoms with Crippen LogP contribution in [0, 0.1) is 0 Å². The molecule has 0 bridgehead atoms. The molecule has 0 saturated heterocycles. The predicted octanol–water partition coefficient (Wildman–Crippen LogP) is 3.67. The highest BCUT2D eigenvalue weighted by atomic mass is 32.1. The Bertz CT molecular complexity index is 540. The highest BCUT2D eigenvalue weighted by molar-refractivity contribution is 7.80. The minimum absolute atomic E-state index is 0.362. The molecule has 0 radical (unpaired) electrons. The Morgan fingerprint density at radius 2 is 1.52 bits per heavy atom. The molecule has 21 heavy (non-hydrogen) atoms. The van der Waals surface area contributed by atoms with Gasteiger partial charge in [0.15, 0.2) is 5.11 Å². The van der Waals surface area contributed by atoms with Gasteiger partial charge in [0.1, 0.15) is 0 Å². The SMILES string of the molecule is C[C@@H](CCc1ccccc1)NC(=S)NCc1ccccc1. The van der Waals surface area contributed by atoms with Gasteiger partial charge in [-0.2, -0.15) is 0 Å². The summed E-state index contributed by atoms with van der Waals surface area (Å²) in [4.78, 5) is 0. The van der Waals surface area contributed by atoms with E-state index in [1.807, 2.05) is 24.3 Å². The molecule has 0 heterocycles. The van der Waals surface area contributed by atoms with Crippen LogP contribution in [0.1, 0.15) is 24.5 Å². The van der Waals surface area contributed by atoms with Crippen LogP contribution in [0.25, 0.3) is 0 Å². The lowest BCUT2D eigenvalue weighted by molar-refractivity contribution is 0.599. The summed E-state index contributed by atoms with van der Waals surface area (Å²) in [5, 5.41) is 7.31. The Morgan fingerprint density at radius 3 is 2.14 bits per heavy atom. The number of aryl methyl sites for hydroxylation is 1. The van der Waals surface area contributed by atoms with Crippen LogP contribution in [0.15, 0.2) is 60.7 Å². The van der Waals surface area contributed by atoms with Crippen molar-refractivity contribution in [2.45, 2.75) is 32.4 Å². The van der Waals surface area contributed by atoms with E-state index >= 15 is 0 Å². The summed E-state index contributed by atoms with van der Waals surface area (Å²) in [6.45, 7) is 2.93. The van der Waals surface area contributed by atoms with E-state index in [-0.39, 0.29) is 0 Å². The van der Waals surface area contributed by atoms with E-state index in [0.717, 1.165) is 24.5 Å². The number of hydrogen-bond donors (Lipinski definition) is 2. The van der Waals surface area contributed by atoms with Gasteiger partial charge in [-0.1, -0.05) is 60.7 Å². The highest BCUT2D eigenvalue weighted by Gasteiger charge is 2.04. The molecule has 3 heteroatoms. The zero-order valence-corrected chi connectivity index (χ0v) is 13.2. The average molecular weight is 298 g/mol. The second-order valence-corrected chi connectivity index (χ2v) is 5.65. The van der Waals surface area contributed by atoms with Crippen molar-refractivity contribution in [3.8, 4) is 0 Å². The summed E-state index contributed by atoms with van der Waals surface area (Å²) in [5.74, 6) is 0. The van der Waals surface area contributed by atoms with Gasteiger partial charge in [0.05, 0.1) is 0 Å². The van der Waals surface area contributed by atoms with Gasteiger partial charge in [0, 0.05) is 12.6 Å². The number of rotatable bonds is 6. The van der Waals surface area contributed by atoms with Crippen molar-refractivity contribution in [2.75, 3.05) is 0 Å². The fourth-order valence-electron chi connectivity index (χ4n) is 2.15. The monoisotopic (exact) mass is 298 g/mol. The Morgan fingerprint density at radius 1 is 0.952 bits per heavy atom. The first-order chi connectivity index (χ1) is 10.2. The molecule has 0 spiro atoms. The summed E-state index contributed by atoms with van der Waals surface area (Å²) in [6.07, 6.45) is 2.13. The molecule has 2 rings (SSSR count). The molecule has 2 nitrogen and oxygen atoms in total. The standard InChI is InChI=1S/C18H22N2S/c1-15(12-13-16-8-4-2-5-9-16)20-18(21)19-14-17-10-6-3-7-11-17/h2-11,15H,12-14H2,1H3,(H2,19,20,21)/t15-/m0/s1. The Labute approximate surface area is 132 Å². The Kier molecular flexibility index (Phi) is 6.22. The van der Waals surface area contributed by atoms with Crippen molar-refractivity contribution in [3.63, 3.8) is 0 Å². The van der Waals surface area contributed by atoms with Crippen molar-refractivity contribution in [1.82, 2.24) is 10.6 Å². The third kappa shape index (κ3) is 5.96. The van der Waals surface area contributed by atoms with Crippen molar-refractivity contribution in [1.29, 1.82) is 0 Å². The summed E-state index contributed by atoms with van der Waals surface area (Å²) in [7, 11) is 0. The smallest absolute Gasteiger partial charge is 0.166 e. The topological polar surface area (TPSA) is 24.1 Å². The molecule has 0 aliphatic rings. The number of nitrogens with one attached hydrogen (secondary N) is 2. The van der Waals surface area contributed by atoms with Crippen LogP contribution in [0.5, 0.6) is 0 Å². The Hall–Kier alpha value is -1.87. The third-order valence-corrected chi connectivity index (χ3v) is 3.64. The first kappa shape index (κ1) is 15.5. The maximum absolute atomic E-state index is 5.34. The lowest BCUT2D eigenvalue weighted by atomic mass is 10.1. The van der Waals surface area contributed by atoms with Crippen molar-refractivity contribution in [2.24, 2.45) is 0 Å². The first-order valence-electron chi connectivity index (χ1n) is 7.36. The zero-order chi connectivity index (χ0) is 14.9. The quantitative estimate of drug-likeness (QED) is 0.796. The molecule has 2 aromatic rings. The summed E-state index contributed by atoms with van der Waals surface area (Å²) in [6, 6.07) is 21.2. The van der Waals surface area contributed by atoms with Gasteiger partial charge in [-0.15, -0.1) is 0 Å². The molecule has 2 aromatic carbocycles. The van der Waals surface area contributed by atoms with Gasteiger partial charge in [-0.25, -0.2) is 0 Å². The molecule has 0 amide bonds. The van der Waals surface area contributed by atoms with E-state index in [1.54, 1.807) is 0 Å². The summed E-state index contributed by atoms with van der Waals surface area (Å²) < 4.78 is 0.